The van der Waals surface area contributed by atoms with Gasteiger partial charge in [-0.1, -0.05) is 127 Å². The van der Waals surface area contributed by atoms with Gasteiger partial charge in [-0.15, -0.1) is 11.3 Å². The lowest BCUT2D eigenvalue weighted by molar-refractivity contribution is 1.08. The Kier molecular flexibility index (Phi) is 6.64. The van der Waals surface area contributed by atoms with Crippen LogP contribution in [0, 0.1) is 0 Å². The molecule has 10 rings (SSSR count). The molecular formula is C45H28N4S. The molecule has 3 heterocycles. The average molecular weight is 657 g/mol. The predicted molar refractivity (Wildman–Crippen MR) is 209 cm³/mol. The number of fused-ring (bicyclic) bond motifs is 6. The van der Waals surface area contributed by atoms with Crippen molar-refractivity contribution in [2.24, 2.45) is 0 Å². The van der Waals surface area contributed by atoms with E-state index in [1.165, 1.54) is 53.1 Å². The quantitative estimate of drug-likeness (QED) is 0.185. The van der Waals surface area contributed by atoms with E-state index >= 15 is 0 Å². The lowest BCUT2D eigenvalue weighted by atomic mass is 10.0. The van der Waals surface area contributed by atoms with Crippen molar-refractivity contribution in [3.05, 3.63) is 170 Å². The first-order valence-electron chi connectivity index (χ1n) is 16.7. The molecule has 7 aromatic carbocycles. The normalized spacial score (nSPS) is 11.6. The number of para-hydroxylation sites is 1. The largest absolute Gasteiger partial charge is 0.309 e. The summed E-state index contributed by atoms with van der Waals surface area (Å²) in [5, 5.41) is 4.91. The summed E-state index contributed by atoms with van der Waals surface area (Å²) in [6.07, 6.45) is 0. The molecule has 0 fully saturated rings. The average Bonchev–Trinajstić information content (AvgIpc) is 3.74. The number of rotatable bonds is 5. The van der Waals surface area contributed by atoms with E-state index in [2.05, 4.69) is 114 Å². The smallest absolute Gasteiger partial charge is 0.165 e. The van der Waals surface area contributed by atoms with Gasteiger partial charge in [0, 0.05) is 53.3 Å². The summed E-state index contributed by atoms with van der Waals surface area (Å²) in [4.78, 5) is 15.0. The van der Waals surface area contributed by atoms with Crippen LogP contribution in [0.3, 0.4) is 0 Å². The summed E-state index contributed by atoms with van der Waals surface area (Å²) in [6.45, 7) is 0. The van der Waals surface area contributed by atoms with Crippen molar-refractivity contribution >= 4 is 53.3 Å². The van der Waals surface area contributed by atoms with Crippen LogP contribution in [0.2, 0.25) is 0 Å². The molecule has 0 aliphatic heterocycles. The van der Waals surface area contributed by atoms with Gasteiger partial charge in [-0.25, -0.2) is 15.0 Å². The molecule has 3 aromatic heterocycles. The molecule has 234 valence electrons. The molecule has 50 heavy (non-hydrogen) atoms. The molecule has 10 aromatic rings. The lowest BCUT2D eigenvalue weighted by Crippen LogP contribution is -2.00. The van der Waals surface area contributed by atoms with Gasteiger partial charge in [0.1, 0.15) is 0 Å². The van der Waals surface area contributed by atoms with Gasteiger partial charge in [0.2, 0.25) is 0 Å². The maximum absolute atomic E-state index is 5.06. The highest BCUT2D eigenvalue weighted by atomic mass is 32.1. The molecule has 4 nitrogen and oxygen atoms in total. The van der Waals surface area contributed by atoms with Crippen molar-refractivity contribution < 1.29 is 0 Å². The van der Waals surface area contributed by atoms with Gasteiger partial charge in [0.15, 0.2) is 17.5 Å². The third kappa shape index (κ3) is 4.71. The number of nitrogens with zero attached hydrogens (tertiary/aromatic N) is 4. The van der Waals surface area contributed by atoms with Crippen LogP contribution < -0.4 is 0 Å². The summed E-state index contributed by atoms with van der Waals surface area (Å²) >= 11 is 1.79. The minimum Gasteiger partial charge on any atom is -0.309 e. The Bertz CT molecular complexity index is 2800. The molecule has 5 heteroatoms. The number of benzene rings is 7. The molecule has 0 aliphatic carbocycles. The predicted octanol–water partition coefficient (Wildman–Crippen LogP) is 12.0. The van der Waals surface area contributed by atoms with Crippen LogP contribution in [0.15, 0.2) is 170 Å². The molecule has 0 radical (unpaired) electrons. The molecule has 0 unspecified atom stereocenters. The van der Waals surface area contributed by atoms with E-state index in [1.54, 1.807) is 11.3 Å². The first-order valence-corrected chi connectivity index (χ1v) is 17.5. The van der Waals surface area contributed by atoms with Crippen LogP contribution in [0.4, 0.5) is 0 Å². The van der Waals surface area contributed by atoms with E-state index in [0.717, 1.165) is 22.4 Å². The van der Waals surface area contributed by atoms with Crippen LogP contribution in [0.5, 0.6) is 0 Å². The van der Waals surface area contributed by atoms with Gasteiger partial charge < -0.3 is 4.57 Å². The van der Waals surface area contributed by atoms with Gasteiger partial charge in [-0.3, -0.25) is 0 Å². The second kappa shape index (κ2) is 11.6. The number of aromatic nitrogens is 4. The van der Waals surface area contributed by atoms with E-state index in [9.17, 15) is 0 Å². The third-order valence-corrected chi connectivity index (χ3v) is 10.7. The number of hydrogen-bond acceptors (Lipinski definition) is 4. The van der Waals surface area contributed by atoms with Crippen molar-refractivity contribution in [3.8, 4) is 51.0 Å². The zero-order chi connectivity index (χ0) is 33.0. The van der Waals surface area contributed by atoms with Crippen molar-refractivity contribution in [1.29, 1.82) is 0 Å². The summed E-state index contributed by atoms with van der Waals surface area (Å²) in [5.41, 5.74) is 8.89. The summed E-state index contributed by atoms with van der Waals surface area (Å²) < 4.78 is 4.79. The van der Waals surface area contributed by atoms with Crippen molar-refractivity contribution in [3.63, 3.8) is 0 Å². The first kappa shape index (κ1) is 28.6. The highest BCUT2D eigenvalue weighted by Crippen LogP contribution is 2.42. The minimum atomic E-state index is 0.664. The highest BCUT2D eigenvalue weighted by molar-refractivity contribution is 7.26. The summed E-state index contributed by atoms with van der Waals surface area (Å²) in [7, 11) is 0. The standard InChI is InChI=1S/C45H28N4S/c1-4-13-29(14-5-1)32-23-25-40-37(27-32)34-19-10-11-22-39(34)49(40)33-24-26-41-38(28-33)35-20-12-21-36(42(35)50-41)45-47-43(30-15-6-2-7-16-30)46-44(48-45)31-17-8-3-9-18-31/h1-28H. The van der Waals surface area contributed by atoms with Crippen LogP contribution in [0.1, 0.15) is 0 Å². The van der Waals surface area contributed by atoms with Crippen LogP contribution in [-0.4, -0.2) is 19.5 Å². The van der Waals surface area contributed by atoms with Crippen molar-refractivity contribution in [1.82, 2.24) is 19.5 Å². The van der Waals surface area contributed by atoms with E-state index in [4.69, 9.17) is 15.0 Å². The highest BCUT2D eigenvalue weighted by Gasteiger charge is 2.18. The van der Waals surface area contributed by atoms with Crippen molar-refractivity contribution in [2.45, 2.75) is 0 Å². The molecule has 0 amide bonds. The second-order valence-electron chi connectivity index (χ2n) is 12.5. The van der Waals surface area contributed by atoms with Crippen LogP contribution in [0.25, 0.3) is 93.0 Å². The zero-order valence-electron chi connectivity index (χ0n) is 26.9. The second-order valence-corrected chi connectivity index (χ2v) is 13.5. The molecular weight excluding hydrogens is 629 g/mol. The number of thiophene rings is 1. The fraction of sp³-hybridized carbons (Fsp3) is 0. The Labute approximate surface area is 292 Å². The van der Waals surface area contributed by atoms with Crippen LogP contribution >= 0.6 is 11.3 Å². The molecule has 0 aliphatic rings. The maximum atomic E-state index is 5.06. The molecule has 0 saturated carbocycles. The number of hydrogen-bond donors (Lipinski definition) is 0. The molecule has 0 bridgehead atoms. The Morgan fingerprint density at radius 3 is 1.70 bits per heavy atom. The SMILES string of the molecule is c1ccc(-c2ccc3c(c2)c2ccccc2n3-c2ccc3sc4c(-c5nc(-c6ccccc6)nc(-c6ccccc6)n5)cccc4c3c2)cc1. The fourth-order valence-electron chi connectivity index (χ4n) is 7.09. The Morgan fingerprint density at radius 1 is 0.380 bits per heavy atom. The summed E-state index contributed by atoms with van der Waals surface area (Å²) in [6, 6.07) is 59.8. The van der Waals surface area contributed by atoms with Crippen molar-refractivity contribution in [2.75, 3.05) is 0 Å². The van der Waals surface area contributed by atoms with E-state index in [1.807, 2.05) is 60.7 Å². The molecule has 0 saturated heterocycles. The topological polar surface area (TPSA) is 43.6 Å². The van der Waals surface area contributed by atoms with Gasteiger partial charge in [0.25, 0.3) is 0 Å². The lowest BCUT2D eigenvalue weighted by Gasteiger charge is -2.09. The van der Waals surface area contributed by atoms with Gasteiger partial charge in [0.05, 0.1) is 11.0 Å². The van der Waals surface area contributed by atoms with Gasteiger partial charge in [-0.2, -0.15) is 0 Å². The monoisotopic (exact) mass is 656 g/mol. The minimum absolute atomic E-state index is 0.664. The maximum Gasteiger partial charge on any atom is 0.165 e. The van der Waals surface area contributed by atoms with Crippen LogP contribution in [-0.2, 0) is 0 Å². The van der Waals surface area contributed by atoms with E-state index in [0.29, 0.717) is 17.5 Å². The van der Waals surface area contributed by atoms with E-state index < -0.39 is 0 Å². The first-order chi connectivity index (χ1) is 24.8. The van der Waals surface area contributed by atoms with Gasteiger partial charge in [-0.05, 0) is 53.6 Å². The molecule has 0 spiro atoms. The molecule has 0 N–H and O–H groups in total. The molecule has 0 atom stereocenters. The third-order valence-electron chi connectivity index (χ3n) is 9.46. The fourth-order valence-corrected chi connectivity index (χ4v) is 8.28. The zero-order valence-corrected chi connectivity index (χ0v) is 27.7. The van der Waals surface area contributed by atoms with E-state index in [-0.39, 0.29) is 0 Å². The summed E-state index contributed by atoms with van der Waals surface area (Å²) in [5.74, 6) is 2.00. The van der Waals surface area contributed by atoms with Gasteiger partial charge >= 0.3 is 0 Å². The Balaban J connectivity index is 1.15. The Hall–Kier alpha value is -6.43. The Morgan fingerprint density at radius 2 is 0.980 bits per heavy atom.